The van der Waals surface area contributed by atoms with Gasteiger partial charge >= 0.3 is 0 Å². The minimum Gasteiger partial charge on any atom is -0.269 e. The second kappa shape index (κ2) is 7.17. The lowest BCUT2D eigenvalue weighted by Crippen LogP contribution is -2.34. The molecule has 2 aromatic carbocycles. The predicted molar refractivity (Wildman–Crippen MR) is 116 cm³/mol. The van der Waals surface area contributed by atoms with Gasteiger partial charge in [-0.2, -0.15) is 0 Å². The fourth-order valence-corrected chi connectivity index (χ4v) is 5.78. The van der Waals surface area contributed by atoms with E-state index in [0.29, 0.717) is 23.3 Å². The molecule has 0 aromatic heterocycles. The number of rotatable bonds is 5. The van der Waals surface area contributed by atoms with Gasteiger partial charge in [0.2, 0.25) is 0 Å². The predicted octanol–water partition coefficient (Wildman–Crippen LogP) is 5.41. The van der Waals surface area contributed by atoms with Crippen molar-refractivity contribution in [2.45, 2.75) is 43.4 Å². The van der Waals surface area contributed by atoms with Gasteiger partial charge in [0.15, 0.2) is 0 Å². The van der Waals surface area contributed by atoms with Crippen LogP contribution in [-0.2, 0) is 10.0 Å². The Balaban J connectivity index is 1.60. The maximum absolute atomic E-state index is 13.7. The molecule has 5 rings (SSSR count). The monoisotopic (exact) mass is 405 g/mol. The molecule has 0 radical (unpaired) electrons. The fourth-order valence-electron chi connectivity index (χ4n) is 4.21. The van der Waals surface area contributed by atoms with Crippen molar-refractivity contribution in [2.24, 2.45) is 11.8 Å². The zero-order valence-electron chi connectivity index (χ0n) is 16.8. The highest BCUT2D eigenvalue weighted by Gasteiger charge is 2.40. The molecule has 3 aliphatic rings. The minimum atomic E-state index is -3.59. The first-order valence-electron chi connectivity index (χ1n) is 10.6. The topological polar surface area (TPSA) is 37.4 Å². The summed E-state index contributed by atoms with van der Waals surface area (Å²) in [5.41, 5.74) is 4.59. The Kier molecular flexibility index (Phi) is 4.62. The van der Waals surface area contributed by atoms with Crippen LogP contribution in [0.25, 0.3) is 0 Å². The van der Waals surface area contributed by atoms with Gasteiger partial charge in [0.05, 0.1) is 4.90 Å². The van der Waals surface area contributed by atoms with Crippen molar-refractivity contribution in [1.82, 2.24) is 4.31 Å². The van der Waals surface area contributed by atoms with E-state index in [1.165, 1.54) is 24.0 Å². The van der Waals surface area contributed by atoms with Crippen LogP contribution in [0.1, 0.15) is 42.7 Å². The standard InChI is InChI=1S/C25H27NO2S/c1-18-7-13-24(14-8-18)29(27,28)26-17-23(19-5-3-2-4-6-19)15-22(20-9-10-20)16-25(26)21-11-12-21/h2-8,13-16,20-21,23H,9-12,17H2,1H3/t23-/m1/s1. The van der Waals surface area contributed by atoms with E-state index in [4.69, 9.17) is 0 Å². The molecule has 3 nitrogen and oxygen atoms in total. The van der Waals surface area contributed by atoms with E-state index in [1.54, 1.807) is 16.4 Å². The van der Waals surface area contributed by atoms with Gasteiger partial charge in [0, 0.05) is 18.2 Å². The average molecular weight is 406 g/mol. The summed E-state index contributed by atoms with van der Waals surface area (Å²) in [6.07, 6.45) is 9.14. The maximum Gasteiger partial charge on any atom is 0.264 e. The lowest BCUT2D eigenvalue weighted by Gasteiger charge is -2.29. The third-order valence-corrected chi connectivity index (χ3v) is 8.05. The number of allylic oxidation sites excluding steroid dienone is 3. The van der Waals surface area contributed by atoms with Crippen molar-refractivity contribution in [3.8, 4) is 0 Å². The number of hydrogen-bond acceptors (Lipinski definition) is 2. The zero-order chi connectivity index (χ0) is 20.0. The molecule has 150 valence electrons. The molecule has 2 saturated carbocycles. The Morgan fingerprint density at radius 1 is 0.862 bits per heavy atom. The largest absolute Gasteiger partial charge is 0.269 e. The van der Waals surface area contributed by atoms with Gasteiger partial charge in [0.1, 0.15) is 0 Å². The Labute approximate surface area is 173 Å². The van der Waals surface area contributed by atoms with Gasteiger partial charge in [-0.25, -0.2) is 8.42 Å². The van der Waals surface area contributed by atoms with Crippen LogP contribution in [0.3, 0.4) is 0 Å². The van der Waals surface area contributed by atoms with Gasteiger partial charge in [-0.1, -0.05) is 54.1 Å². The lowest BCUT2D eigenvalue weighted by molar-refractivity contribution is 0.449. The van der Waals surface area contributed by atoms with E-state index < -0.39 is 10.0 Å². The smallest absolute Gasteiger partial charge is 0.264 e. The number of aryl methyl sites for hydroxylation is 1. The molecular formula is C25H27NO2S. The number of nitrogens with zero attached hydrogens (tertiary/aromatic N) is 1. The normalized spacial score (nSPS) is 22.7. The molecule has 0 N–H and O–H groups in total. The highest BCUT2D eigenvalue weighted by atomic mass is 32.2. The van der Waals surface area contributed by atoms with Crippen LogP contribution < -0.4 is 0 Å². The van der Waals surface area contributed by atoms with Crippen molar-refractivity contribution in [3.63, 3.8) is 0 Å². The van der Waals surface area contributed by atoms with E-state index in [1.807, 2.05) is 37.3 Å². The Hall–Kier alpha value is -2.33. The third kappa shape index (κ3) is 3.78. The molecule has 0 amide bonds. The average Bonchev–Trinajstić information content (AvgIpc) is 3.60. The van der Waals surface area contributed by atoms with Crippen LogP contribution in [0.2, 0.25) is 0 Å². The Morgan fingerprint density at radius 2 is 1.52 bits per heavy atom. The fraction of sp³-hybridized carbons (Fsp3) is 0.360. The second-order valence-electron chi connectivity index (χ2n) is 8.65. The Morgan fingerprint density at radius 3 is 2.14 bits per heavy atom. The van der Waals surface area contributed by atoms with Crippen molar-refractivity contribution in [3.05, 3.63) is 89.1 Å². The molecule has 29 heavy (non-hydrogen) atoms. The Bertz CT molecular complexity index is 1060. The molecular weight excluding hydrogens is 378 g/mol. The SMILES string of the molecule is Cc1ccc(S(=O)(=O)N2C[C@H](c3ccccc3)C=C(C3CC3)C=C2C2CC2)cc1. The van der Waals surface area contributed by atoms with Gasteiger partial charge < -0.3 is 0 Å². The van der Waals surface area contributed by atoms with E-state index in [9.17, 15) is 8.42 Å². The number of benzene rings is 2. The van der Waals surface area contributed by atoms with Crippen LogP contribution >= 0.6 is 0 Å². The first-order valence-corrected chi connectivity index (χ1v) is 12.0. The van der Waals surface area contributed by atoms with Crippen LogP contribution in [-0.4, -0.2) is 19.3 Å². The quantitative estimate of drug-likeness (QED) is 0.667. The summed E-state index contributed by atoms with van der Waals surface area (Å²) in [6.45, 7) is 2.45. The third-order valence-electron chi connectivity index (χ3n) is 6.24. The van der Waals surface area contributed by atoms with Crippen molar-refractivity contribution in [1.29, 1.82) is 0 Å². The van der Waals surface area contributed by atoms with Crippen molar-refractivity contribution >= 4 is 10.0 Å². The highest BCUT2D eigenvalue weighted by Crippen LogP contribution is 2.47. The van der Waals surface area contributed by atoms with Crippen LogP contribution in [0.4, 0.5) is 0 Å². The van der Waals surface area contributed by atoms with Gasteiger partial charge in [-0.05, 0) is 73.8 Å². The van der Waals surface area contributed by atoms with Gasteiger partial charge in [-0.3, -0.25) is 4.31 Å². The van der Waals surface area contributed by atoms with E-state index >= 15 is 0 Å². The second-order valence-corrected chi connectivity index (χ2v) is 10.5. The minimum absolute atomic E-state index is 0.0690. The summed E-state index contributed by atoms with van der Waals surface area (Å²) < 4.78 is 29.2. The first kappa shape index (κ1) is 18.7. The van der Waals surface area contributed by atoms with Crippen molar-refractivity contribution < 1.29 is 8.42 Å². The van der Waals surface area contributed by atoms with E-state index in [2.05, 4.69) is 24.3 Å². The lowest BCUT2D eigenvalue weighted by atomic mass is 9.95. The summed E-state index contributed by atoms with van der Waals surface area (Å²) in [4.78, 5) is 0.385. The number of hydrogen-bond donors (Lipinski definition) is 0. The van der Waals surface area contributed by atoms with Crippen LogP contribution in [0.5, 0.6) is 0 Å². The van der Waals surface area contributed by atoms with Crippen LogP contribution in [0, 0.1) is 18.8 Å². The molecule has 2 fully saturated rings. The molecule has 0 saturated heterocycles. The molecule has 1 aliphatic heterocycles. The maximum atomic E-state index is 13.7. The highest BCUT2D eigenvalue weighted by molar-refractivity contribution is 7.89. The molecule has 0 spiro atoms. The summed E-state index contributed by atoms with van der Waals surface area (Å²) in [5, 5.41) is 0. The summed E-state index contributed by atoms with van der Waals surface area (Å²) in [6, 6.07) is 17.6. The summed E-state index contributed by atoms with van der Waals surface area (Å²) in [7, 11) is -3.59. The summed E-state index contributed by atoms with van der Waals surface area (Å²) in [5.74, 6) is 1.03. The van der Waals surface area contributed by atoms with E-state index in [0.717, 1.165) is 24.1 Å². The zero-order valence-corrected chi connectivity index (χ0v) is 17.6. The van der Waals surface area contributed by atoms with Crippen LogP contribution in [0.15, 0.2) is 82.9 Å². The van der Waals surface area contributed by atoms with Gasteiger partial charge in [-0.15, -0.1) is 0 Å². The molecule has 1 heterocycles. The molecule has 1 atom stereocenters. The first-order chi connectivity index (χ1) is 14.0. The molecule has 0 bridgehead atoms. The molecule has 4 heteroatoms. The van der Waals surface area contributed by atoms with Gasteiger partial charge in [0.25, 0.3) is 10.0 Å². The molecule has 0 unspecified atom stereocenters. The molecule has 2 aliphatic carbocycles. The van der Waals surface area contributed by atoms with Crippen molar-refractivity contribution in [2.75, 3.05) is 6.54 Å². The number of sulfonamides is 1. The summed E-state index contributed by atoms with van der Waals surface area (Å²) >= 11 is 0. The molecule has 2 aromatic rings. The van der Waals surface area contributed by atoms with E-state index in [-0.39, 0.29) is 5.92 Å².